The number of nitrogens with one attached hydrogen (secondary N) is 1. The van der Waals surface area contributed by atoms with Gasteiger partial charge in [-0.2, -0.15) is 0 Å². The Balaban J connectivity index is 2.10. The first-order valence-electron chi connectivity index (χ1n) is 14.2. The lowest BCUT2D eigenvalue weighted by Gasteiger charge is -2.34. The second kappa shape index (κ2) is 13.9. The van der Waals surface area contributed by atoms with E-state index in [4.69, 9.17) is 9.47 Å². The average Bonchev–Trinajstić information content (AvgIpc) is 2.95. The number of aryl methyl sites for hydroxylation is 2. The highest BCUT2D eigenvalue weighted by atomic mass is 32.2. The second-order valence-corrected chi connectivity index (χ2v) is 13.4. The Morgan fingerprint density at radius 1 is 0.860 bits per heavy atom. The largest absolute Gasteiger partial charge is 0.493 e. The minimum absolute atomic E-state index is 0.0684. The van der Waals surface area contributed by atoms with E-state index in [9.17, 15) is 18.0 Å². The number of methoxy groups -OCH3 is 2. The van der Waals surface area contributed by atoms with Gasteiger partial charge in [-0.15, -0.1) is 0 Å². The van der Waals surface area contributed by atoms with Crippen LogP contribution in [0.15, 0.2) is 71.6 Å². The Morgan fingerprint density at radius 2 is 1.42 bits per heavy atom. The van der Waals surface area contributed by atoms with Crippen LogP contribution in [0.25, 0.3) is 0 Å². The van der Waals surface area contributed by atoms with Crippen LogP contribution in [-0.4, -0.2) is 57.5 Å². The van der Waals surface area contributed by atoms with Crippen LogP contribution in [0.5, 0.6) is 11.5 Å². The number of sulfonamides is 1. The molecule has 43 heavy (non-hydrogen) atoms. The fourth-order valence-electron chi connectivity index (χ4n) is 4.61. The zero-order valence-electron chi connectivity index (χ0n) is 26.3. The van der Waals surface area contributed by atoms with Crippen LogP contribution in [0, 0.1) is 13.8 Å². The number of carbonyl (C=O) groups excluding carboxylic acids is 2. The number of hydrogen-bond acceptors (Lipinski definition) is 6. The summed E-state index contributed by atoms with van der Waals surface area (Å²) in [6.07, 6.45) is 0.340. The first kappa shape index (κ1) is 33.5. The molecule has 0 radical (unpaired) electrons. The van der Waals surface area contributed by atoms with E-state index in [1.807, 2.05) is 65.8 Å². The Kier molecular flexibility index (Phi) is 10.9. The van der Waals surface area contributed by atoms with Crippen molar-refractivity contribution in [3.05, 3.63) is 83.4 Å². The number of anilines is 1. The van der Waals surface area contributed by atoms with Crippen molar-refractivity contribution in [1.82, 2.24) is 10.2 Å². The number of ether oxygens (including phenoxy) is 2. The van der Waals surface area contributed by atoms with Gasteiger partial charge in [0.25, 0.3) is 10.0 Å². The third kappa shape index (κ3) is 8.50. The van der Waals surface area contributed by atoms with E-state index in [0.717, 1.165) is 21.0 Å². The summed E-state index contributed by atoms with van der Waals surface area (Å²) in [6, 6.07) is 18.1. The summed E-state index contributed by atoms with van der Waals surface area (Å²) in [6.45, 7) is 10.9. The number of carbonyl (C=O) groups is 2. The monoisotopic (exact) mass is 609 g/mol. The molecule has 0 aliphatic rings. The van der Waals surface area contributed by atoms with E-state index < -0.39 is 34.1 Å². The highest BCUT2D eigenvalue weighted by Gasteiger charge is 2.35. The normalized spacial score (nSPS) is 12.3. The minimum Gasteiger partial charge on any atom is -0.493 e. The van der Waals surface area contributed by atoms with Gasteiger partial charge < -0.3 is 19.7 Å². The molecule has 0 bridgehead atoms. The summed E-state index contributed by atoms with van der Waals surface area (Å²) >= 11 is 0. The van der Waals surface area contributed by atoms with Gasteiger partial charge in [-0.1, -0.05) is 54.4 Å². The topological polar surface area (TPSA) is 105 Å². The van der Waals surface area contributed by atoms with Gasteiger partial charge in [0, 0.05) is 18.2 Å². The molecule has 1 atom stereocenters. The van der Waals surface area contributed by atoms with Crippen molar-refractivity contribution in [3.8, 4) is 11.5 Å². The number of hydrogen-bond donors (Lipinski definition) is 1. The fraction of sp³-hybridized carbons (Fsp3) is 0.394. The van der Waals surface area contributed by atoms with Crippen LogP contribution >= 0.6 is 0 Å². The van der Waals surface area contributed by atoms with Gasteiger partial charge in [0.05, 0.1) is 24.8 Å². The first-order valence-corrected chi connectivity index (χ1v) is 15.6. The van der Waals surface area contributed by atoms with Crippen molar-refractivity contribution >= 4 is 27.5 Å². The summed E-state index contributed by atoms with van der Waals surface area (Å²) in [5.74, 6) is -0.204. The number of benzene rings is 3. The lowest BCUT2D eigenvalue weighted by Crippen LogP contribution is -2.55. The van der Waals surface area contributed by atoms with Crippen molar-refractivity contribution in [2.45, 2.75) is 71.0 Å². The van der Waals surface area contributed by atoms with Gasteiger partial charge in [0.1, 0.15) is 12.6 Å². The minimum atomic E-state index is -4.26. The fourth-order valence-corrected chi connectivity index (χ4v) is 6.04. The number of nitrogens with zero attached hydrogens (tertiary/aromatic N) is 2. The molecule has 0 saturated heterocycles. The molecule has 0 fully saturated rings. The van der Waals surface area contributed by atoms with Gasteiger partial charge in [-0.05, 0) is 70.9 Å². The molecule has 0 unspecified atom stereocenters. The number of rotatable bonds is 12. The van der Waals surface area contributed by atoms with Crippen molar-refractivity contribution in [1.29, 1.82) is 0 Å². The van der Waals surface area contributed by atoms with Gasteiger partial charge in [-0.3, -0.25) is 13.9 Å². The molecule has 0 saturated carbocycles. The molecule has 1 N–H and O–H groups in total. The molecule has 0 heterocycles. The van der Waals surface area contributed by atoms with E-state index in [2.05, 4.69) is 5.32 Å². The van der Waals surface area contributed by atoms with Gasteiger partial charge in [-0.25, -0.2) is 8.42 Å². The summed E-state index contributed by atoms with van der Waals surface area (Å²) in [5, 5.41) is 2.98. The quantitative estimate of drug-likeness (QED) is 0.301. The third-order valence-electron chi connectivity index (χ3n) is 6.90. The predicted octanol–water partition coefficient (Wildman–Crippen LogP) is 5.24. The maximum absolute atomic E-state index is 14.2. The standard InChI is InChI=1S/C33H43N3O6S/c1-9-28(32(38)34-33(4,5)6)35(21-25-14-10-23(2)11-15-25)31(37)22-36(26-16-12-24(3)13-17-26)43(39,40)27-18-19-29(41-7)30(20-27)42-8/h10-20,28H,9,21-22H2,1-8H3,(H,34,38)/t28-/m0/s1. The SMILES string of the molecule is CC[C@@H](C(=O)NC(C)(C)C)N(Cc1ccc(C)cc1)C(=O)CN(c1ccc(C)cc1)S(=O)(=O)c1ccc(OC)c(OC)c1. The Morgan fingerprint density at radius 3 is 1.93 bits per heavy atom. The molecule has 3 aromatic rings. The molecule has 0 spiro atoms. The number of amides is 2. The summed E-state index contributed by atoms with van der Waals surface area (Å²) < 4.78 is 40.1. The van der Waals surface area contributed by atoms with Crippen LogP contribution in [0.1, 0.15) is 50.8 Å². The smallest absolute Gasteiger partial charge is 0.264 e. The third-order valence-corrected chi connectivity index (χ3v) is 8.67. The van der Waals surface area contributed by atoms with Crippen LogP contribution in [0.2, 0.25) is 0 Å². The van der Waals surface area contributed by atoms with E-state index in [1.54, 1.807) is 24.3 Å². The molecule has 3 rings (SSSR count). The van der Waals surface area contributed by atoms with Crippen molar-refractivity contribution in [2.24, 2.45) is 0 Å². The van der Waals surface area contributed by atoms with Crippen molar-refractivity contribution in [3.63, 3.8) is 0 Å². The summed E-state index contributed by atoms with van der Waals surface area (Å²) in [5.41, 5.74) is 2.62. The van der Waals surface area contributed by atoms with Gasteiger partial charge in [0.15, 0.2) is 11.5 Å². The zero-order chi connectivity index (χ0) is 31.9. The molecule has 9 nitrogen and oxygen atoms in total. The van der Waals surface area contributed by atoms with Gasteiger partial charge >= 0.3 is 0 Å². The van der Waals surface area contributed by atoms with Crippen molar-refractivity contribution in [2.75, 3.05) is 25.1 Å². The van der Waals surface area contributed by atoms with Crippen LogP contribution < -0.4 is 19.1 Å². The zero-order valence-corrected chi connectivity index (χ0v) is 27.1. The molecule has 232 valence electrons. The summed E-state index contributed by atoms with van der Waals surface area (Å²) in [7, 11) is -1.38. The van der Waals surface area contributed by atoms with Crippen LogP contribution in [0.3, 0.4) is 0 Å². The molecular formula is C33H43N3O6S. The van der Waals surface area contributed by atoms with Crippen LogP contribution in [0.4, 0.5) is 5.69 Å². The molecule has 10 heteroatoms. The lowest BCUT2D eigenvalue weighted by atomic mass is 10.1. The predicted molar refractivity (Wildman–Crippen MR) is 169 cm³/mol. The molecule has 2 amide bonds. The highest BCUT2D eigenvalue weighted by Crippen LogP contribution is 2.32. The molecule has 0 aliphatic heterocycles. The average molecular weight is 610 g/mol. The molecule has 3 aromatic carbocycles. The summed E-state index contributed by atoms with van der Waals surface area (Å²) in [4.78, 5) is 29.1. The van der Waals surface area contributed by atoms with E-state index in [0.29, 0.717) is 17.9 Å². The molecule has 0 aromatic heterocycles. The Hall–Kier alpha value is -4.05. The maximum atomic E-state index is 14.2. The van der Waals surface area contributed by atoms with E-state index in [-0.39, 0.29) is 23.1 Å². The Bertz CT molecular complexity index is 1510. The van der Waals surface area contributed by atoms with Crippen LogP contribution in [-0.2, 0) is 26.2 Å². The van der Waals surface area contributed by atoms with Gasteiger partial charge in [0.2, 0.25) is 11.8 Å². The first-order chi connectivity index (χ1) is 20.2. The van der Waals surface area contributed by atoms with Crippen molar-refractivity contribution < 1.29 is 27.5 Å². The maximum Gasteiger partial charge on any atom is 0.264 e. The molecular weight excluding hydrogens is 566 g/mol. The second-order valence-electron chi connectivity index (χ2n) is 11.5. The lowest BCUT2D eigenvalue weighted by molar-refractivity contribution is -0.141. The Labute approximate surface area is 255 Å². The van der Waals surface area contributed by atoms with E-state index in [1.165, 1.54) is 37.3 Å². The highest BCUT2D eigenvalue weighted by molar-refractivity contribution is 7.92. The molecule has 0 aliphatic carbocycles. The van der Waals surface area contributed by atoms with E-state index >= 15 is 0 Å².